The predicted octanol–water partition coefficient (Wildman–Crippen LogP) is 1.07. The minimum Gasteiger partial charge on any atom is -0.616 e. The quantitative estimate of drug-likeness (QED) is 0.137. The number of amides is 1. The number of methoxy groups -OCH3 is 1. The number of nitrogens with zero attached hydrogens (tertiary/aromatic N) is 4. The van der Waals surface area contributed by atoms with Crippen molar-refractivity contribution < 1.29 is 41.2 Å². The van der Waals surface area contributed by atoms with Crippen molar-refractivity contribution in [1.29, 1.82) is 0 Å². The van der Waals surface area contributed by atoms with Gasteiger partial charge in [-0.05, 0) is 41.5 Å². The van der Waals surface area contributed by atoms with Gasteiger partial charge in [-0.2, -0.15) is 0 Å². The highest BCUT2D eigenvalue weighted by atomic mass is 32.2. The van der Waals surface area contributed by atoms with E-state index in [1.54, 1.807) is 42.5 Å². The molecule has 230 valence electrons. The standard InChI is InChI=1S/C25H27FN6O8S3/c1-38-24(34)21(15-42(35)14-16-3-2-4-18(9-16)39-8-7-26)28-23(33)12-32-11-17(30-31-32)13-40-19-5-6-20-22(10-19)41-25(29-20)43(27,36)37/h2-6,9-11,21H,7-8,12-15H2,1H3,(H,28,33)(H2,27,36,37). The Morgan fingerprint density at radius 3 is 2.74 bits per heavy atom. The van der Waals surface area contributed by atoms with Gasteiger partial charge in [0.15, 0.2) is 6.04 Å². The molecule has 14 nitrogen and oxygen atoms in total. The molecule has 2 heterocycles. The summed E-state index contributed by atoms with van der Waals surface area (Å²) in [5.74, 6) is -0.616. The number of aromatic nitrogens is 4. The van der Waals surface area contributed by atoms with Gasteiger partial charge in [0, 0.05) is 5.56 Å². The first-order valence-electron chi connectivity index (χ1n) is 12.5. The molecule has 0 bridgehead atoms. The molecular weight excluding hydrogens is 628 g/mol. The Morgan fingerprint density at radius 2 is 2.00 bits per heavy atom. The van der Waals surface area contributed by atoms with Crippen LogP contribution in [0.2, 0.25) is 0 Å². The van der Waals surface area contributed by atoms with Crippen molar-refractivity contribution in [3.63, 3.8) is 0 Å². The molecule has 1 amide bonds. The van der Waals surface area contributed by atoms with E-state index in [2.05, 4.69) is 20.6 Å². The van der Waals surface area contributed by atoms with Gasteiger partial charge < -0.3 is 24.1 Å². The first kappa shape index (κ1) is 32.1. The molecule has 4 rings (SSSR count). The van der Waals surface area contributed by atoms with Crippen LogP contribution in [0.25, 0.3) is 10.2 Å². The van der Waals surface area contributed by atoms with Crippen molar-refractivity contribution in [2.45, 2.75) is 29.3 Å². The Morgan fingerprint density at radius 1 is 1.21 bits per heavy atom. The number of esters is 1. The van der Waals surface area contributed by atoms with Crippen LogP contribution in [0.3, 0.4) is 0 Å². The molecule has 2 aromatic heterocycles. The number of carbonyl (C=O) groups excluding carboxylic acids is 2. The highest BCUT2D eigenvalue weighted by Gasteiger charge is 2.28. The van der Waals surface area contributed by atoms with Crippen molar-refractivity contribution in [2.24, 2.45) is 5.14 Å². The van der Waals surface area contributed by atoms with Crippen LogP contribution >= 0.6 is 11.3 Å². The van der Waals surface area contributed by atoms with Crippen LogP contribution in [0.5, 0.6) is 11.5 Å². The van der Waals surface area contributed by atoms with Gasteiger partial charge in [-0.15, -0.1) is 16.4 Å². The van der Waals surface area contributed by atoms with Crippen LogP contribution in [0.4, 0.5) is 4.39 Å². The molecule has 0 saturated heterocycles. The van der Waals surface area contributed by atoms with E-state index in [9.17, 15) is 27.0 Å². The third-order valence-corrected chi connectivity index (χ3v) is 9.31. The summed E-state index contributed by atoms with van der Waals surface area (Å²) in [4.78, 5) is 29.0. The van der Waals surface area contributed by atoms with E-state index >= 15 is 0 Å². The largest absolute Gasteiger partial charge is 0.616 e. The van der Waals surface area contributed by atoms with Gasteiger partial charge in [0.2, 0.25) is 10.2 Å². The van der Waals surface area contributed by atoms with Crippen LogP contribution in [-0.4, -0.2) is 77.0 Å². The van der Waals surface area contributed by atoms with E-state index in [1.165, 1.54) is 10.9 Å². The molecule has 0 aliphatic rings. The van der Waals surface area contributed by atoms with Gasteiger partial charge in [-0.3, -0.25) is 4.79 Å². The number of primary sulfonamides is 1. The molecule has 2 unspecified atom stereocenters. The number of thiazole rings is 1. The second kappa shape index (κ2) is 14.6. The number of nitrogens with one attached hydrogen (secondary N) is 1. The van der Waals surface area contributed by atoms with Crippen molar-refractivity contribution >= 4 is 54.6 Å². The van der Waals surface area contributed by atoms with Crippen LogP contribution in [0.15, 0.2) is 53.0 Å². The molecule has 3 N–H and O–H groups in total. The predicted molar refractivity (Wildman–Crippen MR) is 154 cm³/mol. The minimum absolute atomic E-state index is 0.00222. The number of rotatable bonds is 15. The van der Waals surface area contributed by atoms with Crippen LogP contribution in [-0.2, 0) is 54.4 Å². The summed E-state index contributed by atoms with van der Waals surface area (Å²) in [5.41, 5.74) is 1.51. The number of alkyl halides is 1. The molecule has 0 aliphatic carbocycles. The zero-order valence-corrected chi connectivity index (χ0v) is 25.1. The smallest absolute Gasteiger partial charge is 0.333 e. The average Bonchev–Trinajstić information content (AvgIpc) is 3.61. The van der Waals surface area contributed by atoms with Crippen LogP contribution in [0, 0.1) is 0 Å². The zero-order valence-electron chi connectivity index (χ0n) is 22.7. The van der Waals surface area contributed by atoms with Gasteiger partial charge >= 0.3 is 5.97 Å². The van der Waals surface area contributed by atoms with Crippen molar-refractivity contribution in [2.75, 3.05) is 26.1 Å². The first-order chi connectivity index (χ1) is 20.5. The molecule has 0 fully saturated rings. The molecule has 0 radical (unpaired) electrons. The van der Waals surface area contributed by atoms with Gasteiger partial charge in [0.05, 0.1) is 23.5 Å². The molecule has 18 heteroatoms. The summed E-state index contributed by atoms with van der Waals surface area (Å²) in [7, 11) is -2.76. The van der Waals surface area contributed by atoms with Crippen molar-refractivity contribution in [3.05, 3.63) is 59.9 Å². The summed E-state index contributed by atoms with van der Waals surface area (Å²) in [6.07, 6.45) is 1.48. The van der Waals surface area contributed by atoms with Crippen LogP contribution < -0.4 is 19.9 Å². The third-order valence-electron chi connectivity index (χ3n) is 5.61. The molecule has 2 aromatic carbocycles. The normalized spacial score (nSPS) is 12.9. The van der Waals surface area contributed by atoms with Gasteiger partial charge in [0.1, 0.15) is 55.1 Å². The molecule has 2 atom stereocenters. The highest BCUT2D eigenvalue weighted by molar-refractivity contribution is 7.91. The summed E-state index contributed by atoms with van der Waals surface area (Å²) in [6.45, 7) is -1.03. The van der Waals surface area contributed by atoms with E-state index < -0.39 is 45.8 Å². The summed E-state index contributed by atoms with van der Waals surface area (Å²) >= 11 is -0.648. The monoisotopic (exact) mass is 654 g/mol. The lowest BCUT2D eigenvalue weighted by Gasteiger charge is -2.19. The fourth-order valence-electron chi connectivity index (χ4n) is 3.74. The summed E-state index contributed by atoms with van der Waals surface area (Å²) in [5, 5.41) is 15.5. The second-order valence-electron chi connectivity index (χ2n) is 8.93. The van der Waals surface area contributed by atoms with Crippen molar-refractivity contribution in [1.82, 2.24) is 25.3 Å². The number of ether oxygens (including phenoxy) is 3. The fourth-order valence-corrected chi connectivity index (χ4v) is 6.69. The Kier molecular flexibility index (Phi) is 10.9. The number of hydrogen-bond donors (Lipinski definition) is 2. The highest BCUT2D eigenvalue weighted by Crippen LogP contribution is 2.28. The zero-order chi connectivity index (χ0) is 31.0. The number of fused-ring (bicyclic) bond motifs is 1. The molecular formula is C25H27FN6O8S3. The molecule has 0 saturated carbocycles. The van der Waals surface area contributed by atoms with E-state index in [4.69, 9.17) is 19.3 Å². The van der Waals surface area contributed by atoms with E-state index in [-0.39, 0.29) is 35.6 Å². The van der Waals surface area contributed by atoms with Crippen molar-refractivity contribution in [3.8, 4) is 11.5 Å². The Labute approximate surface area is 252 Å². The third kappa shape index (κ3) is 9.32. The number of hydrogen-bond acceptors (Lipinski definition) is 12. The van der Waals surface area contributed by atoms with E-state index in [0.29, 0.717) is 33.0 Å². The lowest BCUT2D eigenvalue weighted by Crippen LogP contribution is -2.47. The topological polar surface area (TPSA) is 201 Å². The second-order valence-corrected chi connectivity index (χ2v) is 13.2. The maximum atomic E-state index is 12.8. The lowest BCUT2D eigenvalue weighted by atomic mass is 10.2. The molecule has 0 aliphatic heterocycles. The fraction of sp³-hybridized carbons (Fsp3) is 0.320. The Hall–Kier alpha value is -3.84. The van der Waals surface area contributed by atoms with Gasteiger partial charge in [-0.25, -0.2) is 32.4 Å². The minimum atomic E-state index is -3.92. The molecule has 43 heavy (non-hydrogen) atoms. The average molecular weight is 655 g/mol. The van der Waals surface area contributed by atoms with Gasteiger partial charge in [-0.1, -0.05) is 17.3 Å². The van der Waals surface area contributed by atoms with E-state index in [1.807, 2.05) is 0 Å². The SMILES string of the molecule is COC(=O)C(C[S+]([O-])Cc1cccc(OCCF)c1)NC(=O)Cn1cc(COc2ccc3nc(S(N)(=O)=O)sc3c2)nn1. The Balaban J connectivity index is 1.30. The van der Waals surface area contributed by atoms with E-state index in [0.717, 1.165) is 18.4 Å². The van der Waals surface area contributed by atoms with Gasteiger partial charge in [0.25, 0.3) is 10.0 Å². The number of nitrogens with two attached hydrogens (primary N) is 1. The summed E-state index contributed by atoms with van der Waals surface area (Å²) < 4.78 is 65.6. The Bertz CT molecular complexity index is 1680. The number of benzene rings is 2. The molecule has 4 aromatic rings. The number of carbonyl (C=O) groups is 2. The lowest BCUT2D eigenvalue weighted by molar-refractivity contribution is -0.144. The maximum absolute atomic E-state index is 12.8. The molecule has 0 spiro atoms. The maximum Gasteiger partial charge on any atom is 0.333 e. The summed E-state index contributed by atoms with van der Waals surface area (Å²) in [6, 6.07) is 10.3. The van der Waals surface area contributed by atoms with Crippen LogP contribution in [0.1, 0.15) is 11.3 Å². The number of halogens is 1. The first-order valence-corrected chi connectivity index (χ1v) is 16.3. The number of sulfonamides is 1.